The van der Waals surface area contributed by atoms with Crippen molar-refractivity contribution in [2.45, 2.75) is 125 Å². The molecule has 2 aromatic rings. The molecule has 1 fully saturated rings. The van der Waals surface area contributed by atoms with Gasteiger partial charge in [0.15, 0.2) is 5.57 Å². The van der Waals surface area contributed by atoms with Crippen LogP contribution >= 0.6 is 0 Å². The number of ether oxygens (including phenoxy) is 3. The molecular formula is C37H54N2O5. The predicted molar refractivity (Wildman–Crippen MR) is 177 cm³/mol. The van der Waals surface area contributed by atoms with Crippen molar-refractivity contribution in [1.29, 1.82) is 0 Å². The van der Waals surface area contributed by atoms with Crippen molar-refractivity contribution in [1.82, 2.24) is 4.90 Å². The smallest absolute Gasteiger partial charge is 0.352 e. The lowest BCUT2D eigenvalue weighted by Gasteiger charge is -2.37. The largest absolute Gasteiger partial charge is 0.494 e. The molecule has 3 rings (SSSR count). The third-order valence-electron chi connectivity index (χ3n) is 7.77. The molecule has 0 radical (unpaired) electrons. The zero-order chi connectivity index (χ0) is 32.1. The van der Waals surface area contributed by atoms with Gasteiger partial charge in [-0.1, -0.05) is 90.5 Å². The van der Waals surface area contributed by atoms with E-state index in [1.165, 1.54) is 18.4 Å². The van der Waals surface area contributed by atoms with Crippen molar-refractivity contribution in [2.75, 3.05) is 11.9 Å². The average Bonchev–Trinajstić information content (AvgIpc) is 2.96. The molecule has 0 saturated carbocycles. The van der Waals surface area contributed by atoms with Crippen molar-refractivity contribution in [3.63, 3.8) is 0 Å². The van der Waals surface area contributed by atoms with E-state index in [2.05, 4.69) is 69.1 Å². The van der Waals surface area contributed by atoms with E-state index < -0.39 is 17.7 Å². The molecule has 0 bridgehead atoms. The number of carbonyl (C=O) groups is 2. The summed E-state index contributed by atoms with van der Waals surface area (Å²) < 4.78 is 17.1. The highest BCUT2D eigenvalue weighted by molar-refractivity contribution is 6.16. The molecule has 0 aromatic heterocycles. The molecule has 1 N–H and O–H groups in total. The molecule has 0 spiro atoms. The molecule has 1 unspecified atom stereocenters. The van der Waals surface area contributed by atoms with Gasteiger partial charge in [0.25, 0.3) is 5.79 Å². The van der Waals surface area contributed by atoms with Gasteiger partial charge in [0.1, 0.15) is 11.6 Å². The number of esters is 2. The SMILES string of the molecule is CCCCCCOc1ccc(NC(=C2C(=O)OC(C)(C)OC2=O)N(Cc2ccc(CC(C)C)cc2)C(C)CCCCC)cc1. The first-order valence-electron chi connectivity index (χ1n) is 16.6. The fourth-order valence-electron chi connectivity index (χ4n) is 5.36. The van der Waals surface area contributed by atoms with E-state index >= 15 is 0 Å². The summed E-state index contributed by atoms with van der Waals surface area (Å²) in [6.07, 6.45) is 9.75. The second-order valence-corrected chi connectivity index (χ2v) is 12.8. The highest BCUT2D eigenvalue weighted by Gasteiger charge is 2.42. The van der Waals surface area contributed by atoms with Crippen molar-refractivity contribution in [3.8, 4) is 5.75 Å². The molecule has 1 aliphatic heterocycles. The third kappa shape index (κ3) is 10.9. The topological polar surface area (TPSA) is 77.1 Å². The maximum absolute atomic E-state index is 13.4. The van der Waals surface area contributed by atoms with Crippen molar-refractivity contribution < 1.29 is 23.8 Å². The highest BCUT2D eigenvalue weighted by Crippen LogP contribution is 2.30. The van der Waals surface area contributed by atoms with E-state index in [0.717, 1.165) is 61.9 Å². The number of rotatable bonds is 18. The quantitative estimate of drug-likeness (QED) is 0.0786. The van der Waals surface area contributed by atoms with Crippen LogP contribution in [0.5, 0.6) is 5.75 Å². The zero-order valence-corrected chi connectivity index (χ0v) is 28.0. The minimum absolute atomic E-state index is 0.0214. The molecule has 0 amide bonds. The lowest BCUT2D eigenvalue weighted by molar-refractivity contribution is -0.222. The summed E-state index contributed by atoms with van der Waals surface area (Å²) in [7, 11) is 0. The van der Waals surface area contributed by atoms with Crippen LogP contribution in [0.3, 0.4) is 0 Å². The number of hydrogen-bond acceptors (Lipinski definition) is 7. The molecule has 1 atom stereocenters. The Bertz CT molecular complexity index is 1200. The molecule has 7 heteroatoms. The van der Waals surface area contributed by atoms with Gasteiger partial charge >= 0.3 is 11.9 Å². The molecule has 1 aliphatic rings. The second-order valence-electron chi connectivity index (χ2n) is 12.8. The maximum Gasteiger partial charge on any atom is 0.352 e. The summed E-state index contributed by atoms with van der Waals surface area (Å²) in [4.78, 5) is 29.0. The van der Waals surface area contributed by atoms with Gasteiger partial charge in [0.05, 0.1) is 6.61 Å². The molecule has 1 heterocycles. The van der Waals surface area contributed by atoms with Gasteiger partial charge in [-0.15, -0.1) is 0 Å². The highest BCUT2D eigenvalue weighted by atomic mass is 16.7. The number of hydrogen-bond donors (Lipinski definition) is 1. The van der Waals surface area contributed by atoms with Crippen LogP contribution in [0.15, 0.2) is 59.9 Å². The maximum atomic E-state index is 13.4. The normalized spacial score (nSPS) is 15.0. The summed E-state index contributed by atoms with van der Waals surface area (Å²) in [6.45, 7) is 15.3. The van der Waals surface area contributed by atoms with E-state index in [-0.39, 0.29) is 11.6 Å². The van der Waals surface area contributed by atoms with Crippen LogP contribution in [0, 0.1) is 5.92 Å². The van der Waals surface area contributed by atoms with Gasteiger partial charge in [0, 0.05) is 32.1 Å². The molecule has 44 heavy (non-hydrogen) atoms. The predicted octanol–water partition coefficient (Wildman–Crippen LogP) is 8.77. The summed E-state index contributed by atoms with van der Waals surface area (Å²) in [5.74, 6) is -0.979. The van der Waals surface area contributed by atoms with E-state index in [1.54, 1.807) is 13.8 Å². The molecule has 7 nitrogen and oxygen atoms in total. The van der Waals surface area contributed by atoms with Crippen LogP contribution in [0.2, 0.25) is 0 Å². The van der Waals surface area contributed by atoms with Crippen LogP contribution < -0.4 is 10.1 Å². The van der Waals surface area contributed by atoms with Gasteiger partial charge in [0.2, 0.25) is 0 Å². The Kier molecular flexibility index (Phi) is 13.6. The molecule has 2 aromatic carbocycles. The second kappa shape index (κ2) is 17.1. The van der Waals surface area contributed by atoms with Crippen LogP contribution in [-0.2, 0) is 32.0 Å². The summed E-state index contributed by atoms with van der Waals surface area (Å²) in [5.41, 5.74) is 2.98. The van der Waals surface area contributed by atoms with Gasteiger partial charge in [-0.25, -0.2) is 9.59 Å². The Labute approximate surface area is 265 Å². The van der Waals surface area contributed by atoms with Crippen LogP contribution in [0.4, 0.5) is 5.69 Å². The zero-order valence-electron chi connectivity index (χ0n) is 28.0. The third-order valence-corrected chi connectivity index (χ3v) is 7.77. The van der Waals surface area contributed by atoms with Crippen molar-refractivity contribution in [2.24, 2.45) is 5.92 Å². The summed E-state index contributed by atoms with van der Waals surface area (Å²) >= 11 is 0. The van der Waals surface area contributed by atoms with Crippen molar-refractivity contribution >= 4 is 17.6 Å². The number of unbranched alkanes of at least 4 members (excludes halogenated alkanes) is 5. The number of nitrogens with one attached hydrogen (secondary N) is 1. The van der Waals surface area contributed by atoms with Crippen molar-refractivity contribution in [3.05, 3.63) is 71.1 Å². The molecule has 1 saturated heterocycles. The van der Waals surface area contributed by atoms with Gasteiger partial charge < -0.3 is 24.4 Å². The van der Waals surface area contributed by atoms with E-state index in [9.17, 15) is 9.59 Å². The molecule has 242 valence electrons. The Morgan fingerprint density at radius 3 is 2.00 bits per heavy atom. The van der Waals surface area contributed by atoms with Gasteiger partial charge in [-0.3, -0.25) is 0 Å². The molecule has 0 aliphatic carbocycles. The Hall–Kier alpha value is -3.48. The summed E-state index contributed by atoms with van der Waals surface area (Å²) in [6, 6.07) is 16.3. The van der Waals surface area contributed by atoms with Crippen LogP contribution in [0.1, 0.15) is 111 Å². The standard InChI is InChI=1S/C37H54N2O5/c1-8-10-12-14-24-42-32-22-20-31(21-23-32)38-34(33-35(40)43-37(6,7)44-36(33)41)39(28(5)15-13-11-9-2)26-30-18-16-29(17-19-30)25-27(3)4/h16-23,27-28,38H,8-15,24-26H2,1-7H3. The lowest BCUT2D eigenvalue weighted by Crippen LogP contribution is -2.45. The van der Waals surface area contributed by atoms with E-state index in [1.807, 2.05) is 24.3 Å². The number of nitrogens with zero attached hydrogens (tertiary/aromatic N) is 1. The summed E-state index contributed by atoms with van der Waals surface area (Å²) in [5, 5.41) is 3.43. The van der Waals surface area contributed by atoms with E-state index in [0.29, 0.717) is 24.9 Å². The number of benzene rings is 2. The fourth-order valence-corrected chi connectivity index (χ4v) is 5.36. The first kappa shape index (κ1) is 35.0. The Balaban J connectivity index is 1.97. The monoisotopic (exact) mass is 606 g/mol. The first-order chi connectivity index (χ1) is 21.0. The van der Waals surface area contributed by atoms with E-state index in [4.69, 9.17) is 14.2 Å². The molecular weight excluding hydrogens is 552 g/mol. The fraction of sp³-hybridized carbons (Fsp3) is 0.568. The average molecular weight is 607 g/mol. The number of carbonyl (C=O) groups excluding carboxylic acids is 2. The first-order valence-corrected chi connectivity index (χ1v) is 16.6. The van der Waals surface area contributed by atoms with Gasteiger partial charge in [-0.05, 0) is 67.5 Å². The van der Waals surface area contributed by atoms with Crippen LogP contribution in [0.25, 0.3) is 0 Å². The van der Waals surface area contributed by atoms with Crippen LogP contribution in [-0.4, -0.2) is 35.3 Å². The van der Waals surface area contributed by atoms with Gasteiger partial charge in [-0.2, -0.15) is 0 Å². The number of anilines is 1. The number of cyclic esters (lactones) is 2. The minimum atomic E-state index is -1.33. The Morgan fingerprint density at radius 1 is 0.818 bits per heavy atom. The lowest BCUT2D eigenvalue weighted by atomic mass is 10.0. The minimum Gasteiger partial charge on any atom is -0.494 e. The Morgan fingerprint density at radius 2 is 1.41 bits per heavy atom.